The number of nitrogen functional groups attached to an aromatic ring is 1. The molecule has 0 heterocycles. The van der Waals surface area contributed by atoms with Gasteiger partial charge in [0.05, 0.1) is 4.92 Å². The minimum atomic E-state index is -0.609. The molecule has 0 fully saturated rings. The van der Waals surface area contributed by atoms with Crippen LogP contribution in [0.3, 0.4) is 0 Å². The monoisotopic (exact) mass is 312 g/mol. The molecular weight excluding hydrogens is 292 g/mol. The van der Waals surface area contributed by atoms with Crippen LogP contribution in [-0.2, 0) is 0 Å². The van der Waals surface area contributed by atoms with E-state index in [1.54, 1.807) is 17.8 Å². The van der Waals surface area contributed by atoms with Crippen molar-refractivity contribution in [2.45, 2.75) is 19.3 Å². The maximum absolute atomic E-state index is 12.0. The number of unbranched alkanes of at least 4 members (excludes halogenated alkanes) is 2. The number of nitro groups is 1. The summed E-state index contributed by atoms with van der Waals surface area (Å²) in [6.07, 6.45) is 5.03. The molecule has 0 radical (unpaired) electrons. The molecule has 1 aromatic carbocycles. The zero-order valence-corrected chi connectivity index (χ0v) is 12.7. The quantitative estimate of drug-likeness (QED) is 0.279. The lowest BCUT2D eigenvalue weighted by molar-refractivity contribution is -0.384. The molecule has 0 saturated carbocycles. The van der Waals surface area contributed by atoms with E-state index in [1.807, 2.05) is 0 Å². The molecule has 0 aromatic heterocycles. The van der Waals surface area contributed by atoms with Crippen molar-refractivity contribution >= 4 is 29.0 Å². The number of nitro benzene ring substituents is 1. The molecule has 116 valence electrons. The van der Waals surface area contributed by atoms with E-state index in [0.717, 1.165) is 25.0 Å². The van der Waals surface area contributed by atoms with Crippen LogP contribution < -0.4 is 16.6 Å². The van der Waals surface area contributed by atoms with Crippen molar-refractivity contribution in [1.29, 1.82) is 0 Å². The predicted octanol–water partition coefficient (Wildman–Crippen LogP) is 2.14. The number of amides is 1. The zero-order valence-electron chi connectivity index (χ0n) is 11.9. The third-order valence-corrected chi connectivity index (χ3v) is 3.63. The standard InChI is InChI=1S/C13H20N4O3S/c1-21-9-4-2-3-8-15-13(18)10-6-5-7-11(16-14)12(10)17(19)20/h5-7,16H,2-4,8-9,14H2,1H3,(H,15,18). The van der Waals surface area contributed by atoms with Gasteiger partial charge in [-0.15, -0.1) is 0 Å². The summed E-state index contributed by atoms with van der Waals surface area (Å²) in [6, 6.07) is 4.43. The van der Waals surface area contributed by atoms with Gasteiger partial charge in [-0.2, -0.15) is 11.8 Å². The minimum absolute atomic E-state index is 0.0135. The summed E-state index contributed by atoms with van der Waals surface area (Å²) < 4.78 is 0. The summed E-state index contributed by atoms with van der Waals surface area (Å²) in [5, 5.41) is 13.8. The fraction of sp³-hybridized carbons (Fsp3) is 0.462. The van der Waals surface area contributed by atoms with Crippen LogP contribution in [-0.4, -0.2) is 29.4 Å². The Kier molecular flexibility index (Phi) is 7.55. The second-order valence-corrected chi connectivity index (χ2v) is 5.40. The molecule has 0 unspecified atom stereocenters. The Morgan fingerprint density at radius 2 is 2.14 bits per heavy atom. The molecule has 21 heavy (non-hydrogen) atoms. The third-order valence-electron chi connectivity index (χ3n) is 2.93. The number of benzene rings is 1. The van der Waals surface area contributed by atoms with E-state index in [2.05, 4.69) is 17.0 Å². The molecule has 1 amide bonds. The van der Waals surface area contributed by atoms with Gasteiger partial charge >= 0.3 is 5.69 Å². The van der Waals surface area contributed by atoms with E-state index in [4.69, 9.17) is 5.84 Å². The van der Waals surface area contributed by atoms with Gasteiger partial charge in [0.15, 0.2) is 0 Å². The lowest BCUT2D eigenvalue weighted by Crippen LogP contribution is -2.25. The third kappa shape index (κ3) is 5.24. The Balaban J connectivity index is 2.64. The topological polar surface area (TPSA) is 110 Å². The molecule has 0 bridgehead atoms. The molecule has 0 aliphatic carbocycles. The van der Waals surface area contributed by atoms with Crippen LogP contribution >= 0.6 is 11.8 Å². The zero-order chi connectivity index (χ0) is 15.7. The van der Waals surface area contributed by atoms with Gasteiger partial charge < -0.3 is 10.7 Å². The van der Waals surface area contributed by atoms with Crippen LogP contribution in [0.25, 0.3) is 0 Å². The van der Waals surface area contributed by atoms with Crippen LogP contribution in [0.4, 0.5) is 11.4 Å². The van der Waals surface area contributed by atoms with Crippen molar-refractivity contribution in [3.63, 3.8) is 0 Å². The van der Waals surface area contributed by atoms with E-state index < -0.39 is 10.8 Å². The second kappa shape index (κ2) is 9.19. The summed E-state index contributed by atoms with van der Waals surface area (Å²) in [5.74, 6) is 5.88. The van der Waals surface area contributed by atoms with Crippen LogP contribution in [0.2, 0.25) is 0 Å². The molecule has 0 spiro atoms. The van der Waals surface area contributed by atoms with E-state index in [1.165, 1.54) is 12.1 Å². The number of nitrogens with zero attached hydrogens (tertiary/aromatic N) is 1. The van der Waals surface area contributed by atoms with Gasteiger partial charge in [-0.3, -0.25) is 20.8 Å². The van der Waals surface area contributed by atoms with Crippen LogP contribution in [0.15, 0.2) is 18.2 Å². The molecule has 0 saturated heterocycles. The average molecular weight is 312 g/mol. The maximum atomic E-state index is 12.0. The number of thioether (sulfide) groups is 1. The fourth-order valence-corrected chi connectivity index (χ4v) is 2.38. The first-order valence-corrected chi connectivity index (χ1v) is 8.02. The molecule has 0 aliphatic heterocycles. The Hall–Kier alpha value is -1.80. The Morgan fingerprint density at radius 3 is 2.76 bits per heavy atom. The molecule has 1 aromatic rings. The van der Waals surface area contributed by atoms with Crippen molar-refractivity contribution < 1.29 is 9.72 Å². The Bertz CT molecular complexity index is 496. The summed E-state index contributed by atoms with van der Waals surface area (Å²) in [5.41, 5.74) is 2.06. The number of hydrazine groups is 1. The summed E-state index contributed by atoms with van der Waals surface area (Å²) in [4.78, 5) is 22.5. The Labute approximate surface area is 127 Å². The molecule has 0 atom stereocenters. The molecule has 7 nitrogen and oxygen atoms in total. The molecule has 4 N–H and O–H groups in total. The van der Waals surface area contributed by atoms with Gasteiger partial charge in [0.25, 0.3) is 5.91 Å². The average Bonchev–Trinajstić information content (AvgIpc) is 2.49. The number of hydrogen-bond acceptors (Lipinski definition) is 6. The van der Waals surface area contributed by atoms with Gasteiger partial charge in [0.1, 0.15) is 11.3 Å². The predicted molar refractivity (Wildman–Crippen MR) is 85.5 cm³/mol. The van der Waals surface area contributed by atoms with Crippen molar-refractivity contribution in [1.82, 2.24) is 5.32 Å². The van der Waals surface area contributed by atoms with Crippen LogP contribution in [0.1, 0.15) is 29.6 Å². The van der Waals surface area contributed by atoms with Gasteiger partial charge in [-0.25, -0.2) is 0 Å². The first-order valence-electron chi connectivity index (χ1n) is 6.63. The number of nitrogens with two attached hydrogens (primary N) is 1. The highest BCUT2D eigenvalue weighted by atomic mass is 32.2. The van der Waals surface area contributed by atoms with Gasteiger partial charge in [0, 0.05) is 6.54 Å². The molecule has 8 heteroatoms. The van der Waals surface area contributed by atoms with E-state index in [0.29, 0.717) is 6.54 Å². The SMILES string of the molecule is CSCCCCCNC(=O)c1cccc(NN)c1[N+](=O)[O-]. The van der Waals surface area contributed by atoms with Gasteiger partial charge in [-0.1, -0.05) is 12.5 Å². The summed E-state index contributed by atoms with van der Waals surface area (Å²) in [6.45, 7) is 0.505. The van der Waals surface area contributed by atoms with Gasteiger partial charge in [0.2, 0.25) is 0 Å². The summed E-state index contributed by atoms with van der Waals surface area (Å²) >= 11 is 1.79. The van der Waals surface area contributed by atoms with E-state index in [9.17, 15) is 14.9 Å². The number of nitrogens with one attached hydrogen (secondary N) is 2. The number of carbonyl (C=O) groups is 1. The maximum Gasteiger partial charge on any atom is 0.306 e. The smallest absolute Gasteiger partial charge is 0.306 e. The first-order chi connectivity index (χ1) is 10.1. The number of para-hydroxylation sites is 1. The molecular formula is C13H20N4O3S. The van der Waals surface area contributed by atoms with Crippen LogP contribution in [0, 0.1) is 10.1 Å². The van der Waals surface area contributed by atoms with Crippen molar-refractivity contribution in [3.8, 4) is 0 Å². The lowest BCUT2D eigenvalue weighted by atomic mass is 10.1. The number of carbonyl (C=O) groups excluding carboxylic acids is 1. The Morgan fingerprint density at radius 1 is 1.38 bits per heavy atom. The first kappa shape index (κ1) is 17.3. The highest BCUT2D eigenvalue weighted by Gasteiger charge is 2.23. The number of anilines is 1. The normalized spacial score (nSPS) is 10.2. The van der Waals surface area contributed by atoms with E-state index in [-0.39, 0.29) is 16.9 Å². The molecule has 1 rings (SSSR count). The summed E-state index contributed by atoms with van der Waals surface area (Å²) in [7, 11) is 0. The fourth-order valence-electron chi connectivity index (χ4n) is 1.89. The van der Waals surface area contributed by atoms with Crippen molar-refractivity contribution in [2.24, 2.45) is 5.84 Å². The lowest BCUT2D eigenvalue weighted by Gasteiger charge is -2.08. The highest BCUT2D eigenvalue weighted by molar-refractivity contribution is 7.98. The number of rotatable bonds is 9. The number of hydrogen-bond donors (Lipinski definition) is 3. The van der Waals surface area contributed by atoms with Crippen molar-refractivity contribution in [3.05, 3.63) is 33.9 Å². The molecule has 0 aliphatic rings. The van der Waals surface area contributed by atoms with Crippen molar-refractivity contribution in [2.75, 3.05) is 24.0 Å². The minimum Gasteiger partial charge on any atom is -0.352 e. The van der Waals surface area contributed by atoms with E-state index >= 15 is 0 Å². The second-order valence-electron chi connectivity index (χ2n) is 4.41. The largest absolute Gasteiger partial charge is 0.352 e. The van der Waals surface area contributed by atoms with Crippen LogP contribution in [0.5, 0.6) is 0 Å². The highest BCUT2D eigenvalue weighted by Crippen LogP contribution is 2.27. The van der Waals surface area contributed by atoms with Gasteiger partial charge in [-0.05, 0) is 37.0 Å².